The number of hydrogen-bond donors (Lipinski definition) is 0. The lowest BCUT2D eigenvalue weighted by molar-refractivity contribution is 0.627. The highest BCUT2D eigenvalue weighted by molar-refractivity contribution is 9.11. The summed E-state index contributed by atoms with van der Waals surface area (Å²) in [4.78, 5) is 0.858. The Labute approximate surface area is 125 Å². The van der Waals surface area contributed by atoms with E-state index in [9.17, 15) is 4.39 Å². The molecule has 17 heavy (non-hydrogen) atoms. The standard InChI is InChI=1S/C11H5BrCl3FS/c12-11-8(14)4-9(17-11)10(15)6-2-1-5(16)3-7(6)13/h1-4,10H. The first kappa shape index (κ1) is 13.6. The Morgan fingerprint density at radius 1 is 1.18 bits per heavy atom. The second-order valence-electron chi connectivity index (χ2n) is 3.30. The van der Waals surface area contributed by atoms with Crippen LogP contribution in [0.3, 0.4) is 0 Å². The van der Waals surface area contributed by atoms with E-state index in [4.69, 9.17) is 34.8 Å². The molecule has 0 radical (unpaired) electrons. The summed E-state index contributed by atoms with van der Waals surface area (Å²) >= 11 is 22.9. The maximum atomic E-state index is 12.9. The molecule has 2 aromatic rings. The molecular weight excluding hydrogens is 369 g/mol. The van der Waals surface area contributed by atoms with E-state index in [2.05, 4.69) is 15.9 Å². The van der Waals surface area contributed by atoms with E-state index in [1.165, 1.54) is 23.5 Å². The normalized spacial score (nSPS) is 12.8. The van der Waals surface area contributed by atoms with Crippen molar-refractivity contribution in [2.75, 3.05) is 0 Å². The molecule has 0 bridgehead atoms. The fourth-order valence-corrected chi connectivity index (χ4v) is 3.81. The van der Waals surface area contributed by atoms with E-state index in [-0.39, 0.29) is 5.82 Å². The van der Waals surface area contributed by atoms with Crippen molar-refractivity contribution < 1.29 is 4.39 Å². The third-order valence-corrected chi connectivity index (χ3v) is 5.62. The van der Waals surface area contributed by atoms with Gasteiger partial charge in [0.1, 0.15) is 5.82 Å². The van der Waals surface area contributed by atoms with Gasteiger partial charge in [0.15, 0.2) is 0 Å². The SMILES string of the molecule is Fc1ccc(C(Cl)c2cc(Cl)c(Br)s2)c(Cl)c1. The van der Waals surface area contributed by atoms with Crippen LogP contribution in [0.25, 0.3) is 0 Å². The first-order valence-corrected chi connectivity index (χ1v) is 7.33. The van der Waals surface area contributed by atoms with Gasteiger partial charge in [0.05, 0.1) is 14.2 Å². The van der Waals surface area contributed by atoms with Gasteiger partial charge in [0.25, 0.3) is 0 Å². The molecule has 0 nitrogen and oxygen atoms in total. The van der Waals surface area contributed by atoms with Crippen molar-refractivity contribution in [1.29, 1.82) is 0 Å². The fourth-order valence-electron chi connectivity index (χ4n) is 1.35. The molecule has 1 unspecified atom stereocenters. The van der Waals surface area contributed by atoms with E-state index in [0.29, 0.717) is 15.6 Å². The largest absolute Gasteiger partial charge is 0.207 e. The summed E-state index contributed by atoms with van der Waals surface area (Å²) in [5.74, 6) is -0.381. The molecular formula is C11H5BrCl3FS. The van der Waals surface area contributed by atoms with E-state index in [1.54, 1.807) is 12.1 Å². The molecule has 0 saturated heterocycles. The molecule has 0 saturated carbocycles. The monoisotopic (exact) mass is 372 g/mol. The number of benzene rings is 1. The van der Waals surface area contributed by atoms with Crippen molar-refractivity contribution in [1.82, 2.24) is 0 Å². The molecule has 0 aliphatic carbocycles. The van der Waals surface area contributed by atoms with Crippen LogP contribution in [0.5, 0.6) is 0 Å². The van der Waals surface area contributed by atoms with Crippen molar-refractivity contribution >= 4 is 62.1 Å². The molecule has 1 aromatic carbocycles. The Balaban J connectivity index is 2.39. The van der Waals surface area contributed by atoms with Crippen molar-refractivity contribution in [2.45, 2.75) is 5.38 Å². The summed E-state index contributed by atoms with van der Waals surface area (Å²) < 4.78 is 13.7. The molecule has 1 atom stereocenters. The van der Waals surface area contributed by atoms with Crippen LogP contribution >= 0.6 is 62.1 Å². The summed E-state index contributed by atoms with van der Waals surface area (Å²) in [5.41, 5.74) is 0.667. The molecule has 0 amide bonds. The minimum atomic E-state index is -0.433. The first-order chi connectivity index (χ1) is 7.99. The van der Waals surface area contributed by atoms with Crippen LogP contribution in [0, 0.1) is 5.82 Å². The van der Waals surface area contributed by atoms with Crippen molar-refractivity contribution in [3.8, 4) is 0 Å². The Morgan fingerprint density at radius 2 is 1.88 bits per heavy atom. The summed E-state index contributed by atoms with van der Waals surface area (Å²) in [6, 6.07) is 5.93. The van der Waals surface area contributed by atoms with E-state index in [1.807, 2.05) is 0 Å². The summed E-state index contributed by atoms with van der Waals surface area (Å²) in [6.45, 7) is 0. The van der Waals surface area contributed by atoms with Gasteiger partial charge in [-0.25, -0.2) is 4.39 Å². The second kappa shape index (κ2) is 5.45. The van der Waals surface area contributed by atoms with Crippen LogP contribution in [-0.4, -0.2) is 0 Å². The summed E-state index contributed by atoms with van der Waals surface area (Å²) in [5, 5.41) is 0.483. The number of hydrogen-bond acceptors (Lipinski definition) is 1. The number of thiophene rings is 1. The molecule has 1 aromatic heterocycles. The summed E-state index contributed by atoms with van der Waals surface area (Å²) in [7, 11) is 0. The molecule has 2 rings (SSSR count). The number of halogens is 5. The Morgan fingerprint density at radius 3 is 2.41 bits per heavy atom. The molecule has 0 aliphatic heterocycles. The van der Waals surface area contributed by atoms with Gasteiger partial charge in [-0.1, -0.05) is 29.3 Å². The van der Waals surface area contributed by atoms with Crippen LogP contribution in [0.2, 0.25) is 10.0 Å². The van der Waals surface area contributed by atoms with Crippen molar-refractivity contribution in [3.05, 3.63) is 54.4 Å². The molecule has 0 fully saturated rings. The van der Waals surface area contributed by atoms with Crippen LogP contribution in [0.4, 0.5) is 4.39 Å². The Bertz CT molecular complexity index is 536. The van der Waals surface area contributed by atoms with Gasteiger partial charge in [-0.3, -0.25) is 0 Å². The highest BCUT2D eigenvalue weighted by Crippen LogP contribution is 2.42. The predicted molar refractivity (Wildman–Crippen MR) is 76.1 cm³/mol. The zero-order chi connectivity index (χ0) is 12.6. The maximum absolute atomic E-state index is 12.9. The average molecular weight is 374 g/mol. The third kappa shape index (κ3) is 2.96. The topological polar surface area (TPSA) is 0 Å². The lowest BCUT2D eigenvalue weighted by Gasteiger charge is -2.09. The third-order valence-electron chi connectivity index (χ3n) is 2.15. The second-order valence-corrected chi connectivity index (χ2v) is 6.95. The first-order valence-electron chi connectivity index (χ1n) is 4.53. The summed E-state index contributed by atoms with van der Waals surface area (Å²) in [6.07, 6.45) is 0. The van der Waals surface area contributed by atoms with Gasteiger partial charge < -0.3 is 0 Å². The van der Waals surface area contributed by atoms with Crippen molar-refractivity contribution in [2.24, 2.45) is 0 Å². The lowest BCUT2D eigenvalue weighted by Crippen LogP contribution is -1.92. The molecule has 6 heteroatoms. The maximum Gasteiger partial charge on any atom is 0.124 e. The molecule has 0 N–H and O–H groups in total. The smallest absolute Gasteiger partial charge is 0.124 e. The zero-order valence-electron chi connectivity index (χ0n) is 8.18. The Hall–Kier alpha value is 0.200. The molecule has 0 aliphatic rings. The Kier molecular flexibility index (Phi) is 4.37. The van der Waals surface area contributed by atoms with Crippen LogP contribution in [-0.2, 0) is 0 Å². The predicted octanol–water partition coefficient (Wildman–Crippen LogP) is 6.28. The van der Waals surface area contributed by atoms with E-state index < -0.39 is 5.38 Å². The molecule has 1 heterocycles. The lowest BCUT2D eigenvalue weighted by atomic mass is 10.1. The van der Waals surface area contributed by atoms with Gasteiger partial charge in [0.2, 0.25) is 0 Å². The minimum Gasteiger partial charge on any atom is -0.207 e. The minimum absolute atomic E-state index is 0.311. The van der Waals surface area contributed by atoms with Crippen LogP contribution < -0.4 is 0 Å². The van der Waals surface area contributed by atoms with E-state index in [0.717, 1.165) is 8.66 Å². The van der Waals surface area contributed by atoms with Crippen LogP contribution in [0.1, 0.15) is 15.8 Å². The van der Waals surface area contributed by atoms with Gasteiger partial charge in [-0.15, -0.1) is 22.9 Å². The zero-order valence-corrected chi connectivity index (χ0v) is 12.9. The quantitative estimate of drug-likeness (QED) is 0.542. The van der Waals surface area contributed by atoms with Gasteiger partial charge in [-0.2, -0.15) is 0 Å². The number of alkyl halides is 1. The fraction of sp³-hybridized carbons (Fsp3) is 0.0909. The van der Waals surface area contributed by atoms with Gasteiger partial charge in [-0.05, 0) is 39.7 Å². The van der Waals surface area contributed by atoms with Gasteiger partial charge >= 0.3 is 0 Å². The molecule has 0 spiro atoms. The highest BCUT2D eigenvalue weighted by atomic mass is 79.9. The van der Waals surface area contributed by atoms with Gasteiger partial charge in [0, 0.05) is 9.90 Å². The average Bonchev–Trinajstić information content (AvgIpc) is 2.58. The number of rotatable bonds is 2. The molecule has 90 valence electrons. The highest BCUT2D eigenvalue weighted by Gasteiger charge is 2.18. The van der Waals surface area contributed by atoms with E-state index >= 15 is 0 Å². The van der Waals surface area contributed by atoms with Crippen LogP contribution in [0.15, 0.2) is 28.1 Å². The van der Waals surface area contributed by atoms with Crippen molar-refractivity contribution in [3.63, 3.8) is 0 Å².